The van der Waals surface area contributed by atoms with Gasteiger partial charge in [0.1, 0.15) is 26.1 Å². The largest absolute Gasteiger partial charge is 0.388 e. The van der Waals surface area contributed by atoms with Crippen LogP contribution in [0.4, 0.5) is 25.7 Å². The van der Waals surface area contributed by atoms with Crippen LogP contribution in [0, 0.1) is 5.92 Å². The maximum absolute atomic E-state index is 12.5. The highest BCUT2D eigenvalue weighted by molar-refractivity contribution is 7.19. The summed E-state index contributed by atoms with van der Waals surface area (Å²) in [5, 5.41) is 58.1. The van der Waals surface area contributed by atoms with E-state index >= 15 is 0 Å². The zero-order valence-electron chi connectivity index (χ0n) is 56.2. The van der Waals surface area contributed by atoms with Gasteiger partial charge >= 0.3 is 0 Å². The van der Waals surface area contributed by atoms with E-state index < -0.39 is 46.8 Å². The molecule has 1 saturated carbocycles. The van der Waals surface area contributed by atoms with Gasteiger partial charge in [-0.25, -0.2) is 46.8 Å². The van der Waals surface area contributed by atoms with Crippen LogP contribution in [0.2, 0.25) is 0 Å². The standard InChI is InChI=1S/C15H17N3O3S.C15H16N2O3S.C14H13N3O3S.C14H15N3O3S.C12H11N3O3S/c1-9(2)12(10-6-4-3-5-7-10)14(20)17-15-16-8-11(22-15)13(19)18-21;1-15(2,10-6-4-3-5-7-10)13(20)17-14-16-8-12(21-14)11(19)9-18;18-11(17-20)10-8-15-13(21-10)16-12(19)14(6-7-14)9-4-2-1-3-5-9;1-2-10(9-6-4-3-5-7-9)12(18)16-14-15-8-11(21-14)13(19)17-20;16-10(6-8-4-2-1-3-5-8)14-12-13-7-9(19-12)11(17)15-18/h3-9,12,21H,1-2H3,(H,18,19)(H,16,17,20);3-8,18H,9H2,1-2H3,(H,16,17,20);1-5,8,20H,6-7H2,(H,17,18)(H,15,16,19);3-8,10,20H,2H2,1H3,(H,17,19)(H,15,16,18);1-5,7,18H,6H2,(H,15,17)(H,13,14,16). The molecule has 1 fully saturated rings. The van der Waals surface area contributed by atoms with E-state index in [4.69, 9.17) is 25.9 Å². The highest BCUT2D eigenvalue weighted by Crippen LogP contribution is 2.49. The van der Waals surface area contributed by atoms with Crippen LogP contribution >= 0.6 is 56.7 Å². The number of benzene rings is 5. The summed E-state index contributed by atoms with van der Waals surface area (Å²) in [6.07, 6.45) is 9.06. The third-order valence-corrected chi connectivity index (χ3v) is 19.8. The molecule has 0 spiro atoms. The van der Waals surface area contributed by atoms with E-state index in [0.717, 1.165) is 97.3 Å². The number of nitrogens with zero attached hydrogens (tertiary/aromatic N) is 5. The van der Waals surface area contributed by atoms with Crippen LogP contribution in [-0.4, -0.2) is 116 Å². The number of aliphatic hydroxyl groups excluding tert-OH is 1. The lowest BCUT2D eigenvalue weighted by molar-refractivity contribution is -0.120. The first kappa shape index (κ1) is 80.3. The number of ketones is 1. The summed E-state index contributed by atoms with van der Waals surface area (Å²) in [6, 6.07) is 47.4. The number of hydroxylamine groups is 4. The minimum atomic E-state index is -0.714. The minimum Gasteiger partial charge on any atom is -0.388 e. The fourth-order valence-electron chi connectivity index (χ4n) is 9.57. The van der Waals surface area contributed by atoms with Gasteiger partial charge in [0.2, 0.25) is 29.5 Å². The smallest absolute Gasteiger partial charge is 0.286 e. The molecule has 0 aliphatic heterocycles. The second kappa shape index (κ2) is 39.4. The lowest BCUT2D eigenvalue weighted by Gasteiger charge is -2.23. The monoisotopic (exact) mass is 1510 g/mol. The van der Waals surface area contributed by atoms with E-state index in [9.17, 15) is 47.9 Å². The molecule has 9 amide bonds. The molecular weight excluding hydrogens is 1440 g/mol. The molecule has 14 N–H and O–H groups in total. The van der Waals surface area contributed by atoms with Crippen molar-refractivity contribution in [2.75, 3.05) is 33.2 Å². The molecule has 11 rings (SSSR count). The Morgan fingerprint density at radius 3 is 1.24 bits per heavy atom. The molecule has 104 heavy (non-hydrogen) atoms. The van der Waals surface area contributed by atoms with Crippen LogP contribution in [0.1, 0.15) is 142 Å². The van der Waals surface area contributed by atoms with Gasteiger partial charge in [-0.3, -0.25) is 68.8 Å². The van der Waals surface area contributed by atoms with Crippen LogP contribution in [0.25, 0.3) is 0 Å². The number of anilines is 5. The molecule has 5 heterocycles. The Morgan fingerprint density at radius 1 is 0.462 bits per heavy atom. The van der Waals surface area contributed by atoms with Crippen molar-refractivity contribution in [2.24, 2.45) is 5.92 Å². The minimum absolute atomic E-state index is 0.112. The van der Waals surface area contributed by atoms with Crippen LogP contribution in [-0.2, 0) is 41.2 Å². The molecule has 0 saturated heterocycles. The van der Waals surface area contributed by atoms with Crippen LogP contribution < -0.4 is 48.5 Å². The molecule has 29 nitrogen and oxygen atoms in total. The first-order valence-corrected chi connectivity index (χ1v) is 35.6. The summed E-state index contributed by atoms with van der Waals surface area (Å²) in [6.45, 7) is 8.97. The van der Waals surface area contributed by atoms with Gasteiger partial charge in [0, 0.05) is 0 Å². The number of nitrogens with one attached hydrogen (secondary N) is 9. The SMILES string of the molecule is CC(C)(C(=O)Nc1ncc(C(=O)CO)s1)c1ccccc1.CC(C)C(C(=O)Nc1ncc(C(=O)NO)s1)c1ccccc1.CCC(C(=O)Nc1ncc(C(=O)NO)s1)c1ccccc1.O=C(Cc1ccccc1)Nc1ncc(C(=O)NO)s1.O=C(NO)c1cnc(NC(=O)C2(c3ccccc3)CC2)s1. The molecule has 2 atom stereocenters. The zero-order chi connectivity index (χ0) is 75.3. The van der Waals surface area contributed by atoms with Gasteiger partial charge in [-0.05, 0) is 66.8 Å². The summed E-state index contributed by atoms with van der Waals surface area (Å²) in [4.78, 5) is 139. The Labute approximate surface area is 615 Å². The van der Waals surface area contributed by atoms with Crippen molar-refractivity contribution in [1.82, 2.24) is 46.8 Å². The quantitative estimate of drug-likeness (QED) is 0.0161. The molecule has 34 heteroatoms. The molecular formula is C70H72N14O15S5. The molecule has 5 aromatic heterocycles. The second-order valence-corrected chi connectivity index (χ2v) is 28.2. The predicted octanol–water partition coefficient (Wildman–Crippen LogP) is 10.6. The first-order valence-electron chi connectivity index (χ1n) is 31.5. The van der Waals surface area contributed by atoms with E-state index in [-0.39, 0.29) is 73.2 Å². The van der Waals surface area contributed by atoms with E-state index in [1.165, 1.54) is 52.9 Å². The molecule has 1 aliphatic carbocycles. The van der Waals surface area contributed by atoms with Crippen LogP contribution in [0.3, 0.4) is 0 Å². The fraction of sp³-hybridized carbons (Fsp3) is 0.214. The molecule has 542 valence electrons. The number of hydrogen-bond donors (Lipinski definition) is 14. The molecule has 10 aromatic rings. The van der Waals surface area contributed by atoms with Crippen molar-refractivity contribution in [3.63, 3.8) is 0 Å². The number of rotatable bonds is 23. The Bertz CT molecular complexity index is 4410. The number of amides is 9. The molecule has 0 radical (unpaired) electrons. The summed E-state index contributed by atoms with van der Waals surface area (Å²) < 4.78 is 0. The number of hydrogen-bond acceptors (Lipinski definition) is 25. The third-order valence-electron chi connectivity index (χ3n) is 15.2. The average Bonchev–Trinajstić information content (AvgIpc) is 1.60. The Balaban J connectivity index is 0.000000182. The Morgan fingerprint density at radius 2 is 0.827 bits per heavy atom. The van der Waals surface area contributed by atoms with Crippen molar-refractivity contribution in [2.45, 2.75) is 83.0 Å². The molecule has 0 bridgehead atoms. The van der Waals surface area contributed by atoms with Gasteiger partial charge in [-0.15, -0.1) is 0 Å². The summed E-state index contributed by atoms with van der Waals surface area (Å²) >= 11 is 5.06. The van der Waals surface area contributed by atoms with Crippen molar-refractivity contribution in [3.8, 4) is 0 Å². The number of Topliss-reactive ketones (excluding diaryl/α,β-unsaturated/α-hetero) is 1. The lowest BCUT2D eigenvalue weighted by atomic mass is 9.84. The van der Waals surface area contributed by atoms with Gasteiger partial charge in [-0.1, -0.05) is 229 Å². The number of carbonyl (C=O) groups excluding carboxylic acids is 10. The van der Waals surface area contributed by atoms with Gasteiger partial charge in [0.15, 0.2) is 31.4 Å². The summed E-state index contributed by atoms with van der Waals surface area (Å²) in [7, 11) is 0. The lowest BCUT2D eigenvalue weighted by Crippen LogP contribution is -2.34. The maximum Gasteiger partial charge on any atom is 0.286 e. The van der Waals surface area contributed by atoms with E-state index in [1.54, 1.807) is 0 Å². The highest BCUT2D eigenvalue weighted by Gasteiger charge is 2.51. The first-order chi connectivity index (χ1) is 50.0. The topological polar surface area (TPSA) is 445 Å². The van der Waals surface area contributed by atoms with Gasteiger partial charge < -0.3 is 31.7 Å². The zero-order valence-corrected chi connectivity index (χ0v) is 60.3. The van der Waals surface area contributed by atoms with Crippen molar-refractivity contribution >= 4 is 141 Å². The van der Waals surface area contributed by atoms with Crippen LogP contribution in [0.5, 0.6) is 0 Å². The molecule has 5 aromatic carbocycles. The Hall–Kier alpha value is -11.1. The average molecular weight is 1510 g/mol. The van der Waals surface area contributed by atoms with Gasteiger partial charge in [0.25, 0.3) is 23.6 Å². The van der Waals surface area contributed by atoms with E-state index in [0.29, 0.717) is 37.0 Å². The van der Waals surface area contributed by atoms with Gasteiger partial charge in [-0.2, -0.15) is 0 Å². The van der Waals surface area contributed by atoms with Crippen molar-refractivity contribution in [1.29, 1.82) is 0 Å². The number of thiazole rings is 5. The molecule has 1 aliphatic rings. The third kappa shape index (κ3) is 23.0. The Kier molecular flexibility index (Phi) is 30.4. The number of carbonyl (C=O) groups is 10. The molecule has 2 unspecified atom stereocenters. The highest BCUT2D eigenvalue weighted by atomic mass is 32.1. The summed E-state index contributed by atoms with van der Waals surface area (Å²) in [5.41, 5.74) is 9.55. The number of aliphatic hydroxyl groups is 1. The van der Waals surface area contributed by atoms with Crippen molar-refractivity contribution < 1.29 is 73.9 Å². The number of aromatic nitrogens is 5. The van der Waals surface area contributed by atoms with Crippen molar-refractivity contribution in [3.05, 3.63) is 235 Å². The second-order valence-electron chi connectivity index (χ2n) is 23.0. The van der Waals surface area contributed by atoms with E-state index in [1.807, 2.05) is 186 Å². The van der Waals surface area contributed by atoms with Gasteiger partial charge in [0.05, 0.1) is 64.9 Å². The fourth-order valence-corrected chi connectivity index (χ4v) is 13.2. The predicted molar refractivity (Wildman–Crippen MR) is 393 cm³/mol. The van der Waals surface area contributed by atoms with E-state index in [2.05, 4.69) is 51.5 Å². The van der Waals surface area contributed by atoms with Crippen LogP contribution in [0.15, 0.2) is 183 Å². The normalized spacial score (nSPS) is 12.1. The summed E-state index contributed by atoms with van der Waals surface area (Å²) in [5.74, 6) is -4.34. The maximum atomic E-state index is 12.5.